The molecule has 3 rings (SSSR count). The summed E-state index contributed by atoms with van der Waals surface area (Å²) in [5.41, 5.74) is 1.49. The van der Waals surface area contributed by atoms with Gasteiger partial charge in [0.05, 0.1) is 5.69 Å². The van der Waals surface area contributed by atoms with Crippen molar-refractivity contribution in [3.63, 3.8) is 0 Å². The lowest BCUT2D eigenvalue weighted by atomic mass is 10.3. The lowest BCUT2D eigenvalue weighted by Gasteiger charge is -2.18. The number of nitrogens with zero attached hydrogens (tertiary/aromatic N) is 2. The van der Waals surface area contributed by atoms with Crippen LogP contribution in [0.15, 0.2) is 64.3 Å². The Morgan fingerprint density at radius 3 is 2.54 bits per heavy atom. The minimum absolute atomic E-state index is 0.182. The summed E-state index contributed by atoms with van der Waals surface area (Å²) in [6, 6.07) is 13.3. The summed E-state index contributed by atoms with van der Waals surface area (Å²) in [5, 5.41) is 4.36. The lowest BCUT2D eigenvalue weighted by Crippen LogP contribution is -2.25. The van der Waals surface area contributed by atoms with E-state index in [0.717, 1.165) is 16.9 Å². The SMILES string of the molecule is Cc1ccc(NC(=O)COc2ccc(N(C)S(=O)(=O)c3cccs3)cc2)nc1. The third-order valence-electron chi connectivity index (χ3n) is 3.86. The third-order valence-corrected chi connectivity index (χ3v) is 7.02. The molecule has 0 atom stereocenters. The van der Waals surface area contributed by atoms with E-state index in [-0.39, 0.29) is 16.7 Å². The third kappa shape index (κ3) is 4.68. The van der Waals surface area contributed by atoms with Crippen LogP contribution in [0.4, 0.5) is 11.5 Å². The van der Waals surface area contributed by atoms with Crippen LogP contribution in [0.1, 0.15) is 5.56 Å². The largest absolute Gasteiger partial charge is 0.484 e. The molecule has 9 heteroatoms. The molecular weight excluding hydrogens is 398 g/mol. The zero-order chi connectivity index (χ0) is 20.1. The zero-order valence-electron chi connectivity index (χ0n) is 15.3. The molecule has 0 fully saturated rings. The van der Waals surface area contributed by atoms with Crippen LogP contribution in [0.3, 0.4) is 0 Å². The van der Waals surface area contributed by atoms with Gasteiger partial charge in [-0.2, -0.15) is 0 Å². The Balaban J connectivity index is 1.58. The van der Waals surface area contributed by atoms with E-state index in [1.165, 1.54) is 11.4 Å². The van der Waals surface area contributed by atoms with Crippen LogP contribution in [0.5, 0.6) is 5.75 Å². The maximum absolute atomic E-state index is 12.5. The highest BCUT2D eigenvalue weighted by Gasteiger charge is 2.22. The van der Waals surface area contributed by atoms with Crippen LogP contribution in [0, 0.1) is 6.92 Å². The Kier molecular flexibility index (Phi) is 5.96. The van der Waals surface area contributed by atoms with Crippen molar-refractivity contribution in [3.8, 4) is 5.75 Å². The van der Waals surface area contributed by atoms with Gasteiger partial charge in [-0.15, -0.1) is 11.3 Å². The first-order chi connectivity index (χ1) is 13.4. The first-order valence-electron chi connectivity index (χ1n) is 8.34. The number of hydrogen-bond acceptors (Lipinski definition) is 6. The number of ether oxygens (including phenoxy) is 1. The minimum atomic E-state index is -3.59. The van der Waals surface area contributed by atoms with E-state index in [0.29, 0.717) is 17.3 Å². The van der Waals surface area contributed by atoms with Gasteiger partial charge in [0, 0.05) is 13.2 Å². The fourth-order valence-corrected chi connectivity index (χ4v) is 4.66. The molecule has 0 saturated carbocycles. The standard InChI is InChI=1S/C19H19N3O4S2/c1-14-5-10-17(20-12-14)21-18(23)13-26-16-8-6-15(7-9-16)22(2)28(24,25)19-4-3-11-27-19/h3-12H,13H2,1-2H3,(H,20,21,23). The topological polar surface area (TPSA) is 88.6 Å². The van der Waals surface area contributed by atoms with Crippen molar-refractivity contribution in [2.45, 2.75) is 11.1 Å². The van der Waals surface area contributed by atoms with Crippen molar-refractivity contribution in [1.29, 1.82) is 0 Å². The Morgan fingerprint density at radius 1 is 1.18 bits per heavy atom. The highest BCUT2D eigenvalue weighted by atomic mass is 32.2. The molecule has 0 unspecified atom stereocenters. The van der Waals surface area contributed by atoms with Crippen molar-refractivity contribution in [2.75, 3.05) is 23.3 Å². The number of hydrogen-bond donors (Lipinski definition) is 1. The second-order valence-electron chi connectivity index (χ2n) is 5.96. The molecule has 28 heavy (non-hydrogen) atoms. The van der Waals surface area contributed by atoms with Crippen molar-refractivity contribution >= 4 is 38.8 Å². The molecule has 0 radical (unpaired) electrons. The number of aryl methyl sites for hydroxylation is 1. The highest BCUT2D eigenvalue weighted by Crippen LogP contribution is 2.26. The Morgan fingerprint density at radius 2 is 1.93 bits per heavy atom. The van der Waals surface area contributed by atoms with Crippen LogP contribution >= 0.6 is 11.3 Å². The molecule has 1 amide bonds. The number of thiophene rings is 1. The lowest BCUT2D eigenvalue weighted by molar-refractivity contribution is -0.118. The van der Waals surface area contributed by atoms with Crippen LogP contribution in [0.2, 0.25) is 0 Å². The summed E-state index contributed by atoms with van der Waals surface area (Å²) in [7, 11) is -2.09. The molecule has 0 aliphatic heterocycles. The molecule has 7 nitrogen and oxygen atoms in total. The number of amides is 1. The van der Waals surface area contributed by atoms with Gasteiger partial charge in [0.25, 0.3) is 15.9 Å². The average Bonchev–Trinajstić information content (AvgIpc) is 3.24. The van der Waals surface area contributed by atoms with Gasteiger partial charge in [-0.1, -0.05) is 12.1 Å². The number of carbonyl (C=O) groups excluding carboxylic acids is 1. The van der Waals surface area contributed by atoms with Gasteiger partial charge in [0.15, 0.2) is 6.61 Å². The van der Waals surface area contributed by atoms with E-state index in [4.69, 9.17) is 4.74 Å². The molecular formula is C19H19N3O4S2. The molecule has 0 spiro atoms. The summed E-state index contributed by atoms with van der Waals surface area (Å²) in [4.78, 5) is 16.0. The Labute approximate surface area is 167 Å². The Hall–Kier alpha value is -2.91. The van der Waals surface area contributed by atoms with Crippen molar-refractivity contribution in [2.24, 2.45) is 0 Å². The van der Waals surface area contributed by atoms with Crippen LogP contribution in [0.25, 0.3) is 0 Å². The first-order valence-corrected chi connectivity index (χ1v) is 10.7. The summed E-state index contributed by atoms with van der Waals surface area (Å²) < 4.78 is 32.0. The first kappa shape index (κ1) is 19.8. The molecule has 146 valence electrons. The summed E-state index contributed by atoms with van der Waals surface area (Å²) in [5.74, 6) is 0.575. The van der Waals surface area contributed by atoms with Gasteiger partial charge in [-0.25, -0.2) is 13.4 Å². The number of pyridine rings is 1. The molecule has 1 N–H and O–H groups in total. The van der Waals surface area contributed by atoms with Crippen molar-refractivity contribution in [3.05, 3.63) is 65.7 Å². The molecule has 0 aliphatic carbocycles. The van der Waals surface area contributed by atoms with Crippen molar-refractivity contribution in [1.82, 2.24) is 4.98 Å². The predicted octanol–water partition coefficient (Wildman–Crippen LogP) is 3.29. The summed E-state index contributed by atoms with van der Waals surface area (Å²) in [6.45, 7) is 1.73. The maximum Gasteiger partial charge on any atom is 0.273 e. The van der Waals surface area contributed by atoms with E-state index in [2.05, 4.69) is 10.3 Å². The average molecular weight is 418 g/mol. The molecule has 1 aromatic carbocycles. The fraction of sp³-hybridized carbons (Fsp3) is 0.158. The summed E-state index contributed by atoms with van der Waals surface area (Å²) >= 11 is 1.16. The van der Waals surface area contributed by atoms with Gasteiger partial charge >= 0.3 is 0 Å². The van der Waals surface area contributed by atoms with Gasteiger partial charge in [-0.3, -0.25) is 9.10 Å². The van der Waals surface area contributed by atoms with E-state index in [1.807, 2.05) is 13.0 Å². The van der Waals surface area contributed by atoms with Crippen LogP contribution in [-0.2, 0) is 14.8 Å². The second kappa shape index (κ2) is 8.41. The van der Waals surface area contributed by atoms with E-state index in [9.17, 15) is 13.2 Å². The number of benzene rings is 1. The van der Waals surface area contributed by atoms with Gasteiger partial charge in [-0.05, 0) is 54.3 Å². The van der Waals surface area contributed by atoms with Crippen molar-refractivity contribution < 1.29 is 17.9 Å². The molecule has 0 saturated heterocycles. The number of nitrogens with one attached hydrogen (secondary N) is 1. The fourth-order valence-electron chi connectivity index (χ4n) is 2.31. The molecule has 0 aliphatic rings. The number of carbonyl (C=O) groups is 1. The van der Waals surface area contributed by atoms with Gasteiger partial charge in [0.2, 0.25) is 0 Å². The highest BCUT2D eigenvalue weighted by molar-refractivity contribution is 7.94. The van der Waals surface area contributed by atoms with E-state index < -0.39 is 10.0 Å². The quantitative estimate of drug-likeness (QED) is 0.637. The minimum Gasteiger partial charge on any atom is -0.484 e. The number of aromatic nitrogens is 1. The molecule has 3 aromatic rings. The number of rotatable bonds is 7. The normalized spacial score (nSPS) is 11.1. The Bertz CT molecular complexity index is 1030. The van der Waals surface area contributed by atoms with Gasteiger partial charge in [0.1, 0.15) is 15.8 Å². The van der Waals surface area contributed by atoms with E-state index >= 15 is 0 Å². The van der Waals surface area contributed by atoms with Crippen LogP contribution in [-0.4, -0.2) is 33.0 Å². The predicted molar refractivity (Wildman–Crippen MR) is 109 cm³/mol. The number of anilines is 2. The molecule has 0 bridgehead atoms. The zero-order valence-corrected chi connectivity index (χ0v) is 17.0. The maximum atomic E-state index is 12.5. The number of sulfonamides is 1. The molecule has 2 heterocycles. The smallest absolute Gasteiger partial charge is 0.273 e. The second-order valence-corrected chi connectivity index (χ2v) is 9.10. The summed E-state index contributed by atoms with van der Waals surface area (Å²) in [6.07, 6.45) is 1.66. The molecule has 2 aromatic heterocycles. The van der Waals surface area contributed by atoms with E-state index in [1.54, 1.807) is 54.0 Å². The monoisotopic (exact) mass is 417 g/mol. The van der Waals surface area contributed by atoms with Gasteiger partial charge < -0.3 is 10.1 Å². The van der Waals surface area contributed by atoms with Crippen LogP contribution < -0.4 is 14.4 Å².